The highest BCUT2D eigenvalue weighted by Crippen LogP contribution is 2.26. The summed E-state index contributed by atoms with van der Waals surface area (Å²) in [4.78, 5) is 17.8. The van der Waals surface area contributed by atoms with E-state index >= 15 is 0 Å². The zero-order valence-corrected chi connectivity index (χ0v) is 11.6. The van der Waals surface area contributed by atoms with E-state index in [1.54, 1.807) is 19.2 Å². The molecule has 1 N–H and O–H groups in total. The Hall–Kier alpha value is -1.62. The van der Waals surface area contributed by atoms with Crippen LogP contribution in [-0.2, 0) is 4.74 Å². The normalized spacial score (nSPS) is 23.4. The van der Waals surface area contributed by atoms with Gasteiger partial charge in [0.25, 0.3) is 0 Å². The second-order valence-corrected chi connectivity index (χ2v) is 4.99. The maximum absolute atomic E-state index is 11.5. The molecule has 0 aliphatic carbocycles. The molecule has 1 aliphatic heterocycles. The van der Waals surface area contributed by atoms with Gasteiger partial charge in [-0.2, -0.15) is 0 Å². The Morgan fingerprint density at radius 2 is 2.37 bits per heavy atom. The molecule has 2 heterocycles. The summed E-state index contributed by atoms with van der Waals surface area (Å²) in [6.07, 6.45) is 2.66. The van der Waals surface area contributed by atoms with Gasteiger partial charge in [-0.3, -0.25) is 0 Å². The molecule has 1 aromatic rings. The summed E-state index contributed by atoms with van der Waals surface area (Å²) in [5.74, 6) is -0.357. The lowest BCUT2D eigenvalue weighted by Gasteiger charge is -2.39. The van der Waals surface area contributed by atoms with Crippen molar-refractivity contribution in [2.75, 3.05) is 18.1 Å². The predicted octanol–water partition coefficient (Wildman–Crippen LogP) is 2.09. The van der Waals surface area contributed by atoms with Crippen molar-refractivity contribution in [3.8, 4) is 0 Å². The second kappa shape index (κ2) is 5.57. The van der Waals surface area contributed by atoms with Crippen molar-refractivity contribution in [1.29, 1.82) is 0 Å². The van der Waals surface area contributed by atoms with Crippen LogP contribution in [0.4, 0.5) is 5.82 Å². The standard InChI is InChI=1S/C14H20N2O3/c1-4-11-8-19-10(3)7-16(11)13-12(14(17)18)9(2)5-6-15-13/h5-6,10-11H,4,7-8H2,1-3H3,(H,17,18). The minimum Gasteiger partial charge on any atom is -0.478 e. The van der Waals surface area contributed by atoms with Gasteiger partial charge in [0, 0.05) is 12.7 Å². The summed E-state index contributed by atoms with van der Waals surface area (Å²) in [6.45, 7) is 7.17. The van der Waals surface area contributed by atoms with E-state index in [9.17, 15) is 9.90 Å². The van der Waals surface area contributed by atoms with Gasteiger partial charge in [-0.05, 0) is 31.9 Å². The third-order valence-electron chi connectivity index (χ3n) is 3.56. The summed E-state index contributed by atoms with van der Waals surface area (Å²) >= 11 is 0. The maximum atomic E-state index is 11.5. The van der Waals surface area contributed by atoms with Gasteiger partial charge in [-0.15, -0.1) is 0 Å². The van der Waals surface area contributed by atoms with Crippen LogP contribution in [0.3, 0.4) is 0 Å². The Labute approximate surface area is 113 Å². The number of nitrogens with zero attached hydrogens (tertiary/aromatic N) is 2. The smallest absolute Gasteiger partial charge is 0.339 e. The van der Waals surface area contributed by atoms with E-state index in [0.717, 1.165) is 12.0 Å². The Kier molecular flexibility index (Phi) is 4.04. The molecule has 5 nitrogen and oxygen atoms in total. The maximum Gasteiger partial charge on any atom is 0.339 e. The molecule has 0 spiro atoms. The molecule has 19 heavy (non-hydrogen) atoms. The third kappa shape index (κ3) is 2.71. The molecule has 5 heteroatoms. The van der Waals surface area contributed by atoms with Gasteiger partial charge in [0.2, 0.25) is 0 Å². The lowest BCUT2D eigenvalue weighted by molar-refractivity contribution is 0.0294. The first-order valence-electron chi connectivity index (χ1n) is 6.61. The number of carboxylic acids is 1. The molecule has 0 aromatic carbocycles. The van der Waals surface area contributed by atoms with Gasteiger partial charge in [0.1, 0.15) is 11.4 Å². The van der Waals surface area contributed by atoms with Crippen LogP contribution in [0.25, 0.3) is 0 Å². The topological polar surface area (TPSA) is 62.7 Å². The van der Waals surface area contributed by atoms with E-state index < -0.39 is 5.97 Å². The fraction of sp³-hybridized carbons (Fsp3) is 0.571. The van der Waals surface area contributed by atoms with E-state index in [2.05, 4.69) is 16.8 Å². The molecular weight excluding hydrogens is 244 g/mol. The average molecular weight is 264 g/mol. The molecule has 104 valence electrons. The minimum absolute atomic E-state index is 0.0896. The highest BCUT2D eigenvalue weighted by atomic mass is 16.5. The molecule has 0 amide bonds. The molecular formula is C14H20N2O3. The number of hydrogen-bond acceptors (Lipinski definition) is 4. The first kappa shape index (κ1) is 13.8. The van der Waals surface area contributed by atoms with Crippen LogP contribution in [-0.4, -0.2) is 41.4 Å². The third-order valence-corrected chi connectivity index (χ3v) is 3.56. The first-order chi connectivity index (χ1) is 9.04. The number of ether oxygens (including phenoxy) is 1. The van der Waals surface area contributed by atoms with Gasteiger partial charge in [-0.1, -0.05) is 6.92 Å². The summed E-state index contributed by atoms with van der Waals surface area (Å²) < 4.78 is 5.65. The fourth-order valence-electron chi connectivity index (χ4n) is 2.47. The lowest BCUT2D eigenvalue weighted by Crippen LogP contribution is -2.49. The largest absolute Gasteiger partial charge is 0.478 e. The van der Waals surface area contributed by atoms with Crippen LogP contribution in [0, 0.1) is 6.92 Å². The molecule has 1 saturated heterocycles. The van der Waals surface area contributed by atoms with Crippen molar-refractivity contribution >= 4 is 11.8 Å². The Bertz CT molecular complexity index is 476. The Balaban J connectivity index is 2.44. The van der Waals surface area contributed by atoms with Crippen molar-refractivity contribution in [2.24, 2.45) is 0 Å². The number of anilines is 1. The van der Waals surface area contributed by atoms with E-state index in [-0.39, 0.29) is 12.1 Å². The number of carboxylic acid groups (broad SMARTS) is 1. The van der Waals surface area contributed by atoms with Gasteiger partial charge in [-0.25, -0.2) is 9.78 Å². The Morgan fingerprint density at radius 3 is 3.00 bits per heavy atom. The van der Waals surface area contributed by atoms with Crippen LogP contribution in [0.15, 0.2) is 12.3 Å². The summed E-state index contributed by atoms with van der Waals surface area (Å²) in [7, 11) is 0. The average Bonchev–Trinajstić information content (AvgIpc) is 2.37. The number of hydrogen-bond donors (Lipinski definition) is 1. The van der Waals surface area contributed by atoms with Crippen molar-refractivity contribution in [3.63, 3.8) is 0 Å². The monoisotopic (exact) mass is 264 g/mol. The zero-order chi connectivity index (χ0) is 14.0. The minimum atomic E-state index is -0.922. The van der Waals surface area contributed by atoms with Crippen molar-refractivity contribution in [3.05, 3.63) is 23.4 Å². The molecule has 1 aliphatic rings. The van der Waals surface area contributed by atoms with E-state index in [1.165, 1.54) is 0 Å². The zero-order valence-electron chi connectivity index (χ0n) is 11.6. The van der Waals surface area contributed by atoms with Gasteiger partial charge in [0.15, 0.2) is 0 Å². The quantitative estimate of drug-likeness (QED) is 0.905. The highest BCUT2D eigenvalue weighted by molar-refractivity contribution is 5.95. The summed E-state index contributed by atoms with van der Waals surface area (Å²) in [6, 6.07) is 1.92. The molecule has 1 fully saturated rings. The SMILES string of the molecule is CCC1COC(C)CN1c1nccc(C)c1C(=O)O. The number of morpholine rings is 1. The Morgan fingerprint density at radius 1 is 1.63 bits per heavy atom. The molecule has 2 atom stereocenters. The van der Waals surface area contributed by atoms with Gasteiger partial charge >= 0.3 is 5.97 Å². The molecule has 0 bridgehead atoms. The van der Waals surface area contributed by atoms with Crippen LogP contribution in [0.1, 0.15) is 36.2 Å². The van der Waals surface area contributed by atoms with Crippen molar-refractivity contribution < 1.29 is 14.6 Å². The molecule has 2 unspecified atom stereocenters. The second-order valence-electron chi connectivity index (χ2n) is 4.99. The number of pyridine rings is 1. The van der Waals surface area contributed by atoms with E-state index in [4.69, 9.17) is 4.74 Å². The molecule has 0 saturated carbocycles. The van der Waals surface area contributed by atoms with E-state index in [1.807, 2.05) is 6.92 Å². The van der Waals surface area contributed by atoms with Crippen LogP contribution < -0.4 is 4.90 Å². The molecule has 2 rings (SSSR count). The number of aromatic carboxylic acids is 1. The van der Waals surface area contributed by atoms with Gasteiger partial charge in [0.05, 0.1) is 18.8 Å². The fourth-order valence-corrected chi connectivity index (χ4v) is 2.47. The predicted molar refractivity (Wildman–Crippen MR) is 72.8 cm³/mol. The summed E-state index contributed by atoms with van der Waals surface area (Å²) in [5.41, 5.74) is 1.04. The highest BCUT2D eigenvalue weighted by Gasteiger charge is 2.30. The molecule has 0 radical (unpaired) electrons. The van der Waals surface area contributed by atoms with Crippen molar-refractivity contribution in [1.82, 2.24) is 4.98 Å². The number of carbonyl (C=O) groups is 1. The van der Waals surface area contributed by atoms with Gasteiger partial charge < -0.3 is 14.7 Å². The number of aromatic nitrogens is 1. The molecule has 1 aromatic heterocycles. The van der Waals surface area contributed by atoms with Crippen LogP contribution >= 0.6 is 0 Å². The van der Waals surface area contributed by atoms with E-state index in [0.29, 0.717) is 24.5 Å². The number of rotatable bonds is 3. The lowest BCUT2D eigenvalue weighted by atomic mass is 10.1. The summed E-state index contributed by atoms with van der Waals surface area (Å²) in [5, 5.41) is 9.40. The van der Waals surface area contributed by atoms with Crippen molar-refractivity contribution in [2.45, 2.75) is 39.3 Å². The van der Waals surface area contributed by atoms with Crippen LogP contribution in [0.5, 0.6) is 0 Å². The number of aryl methyl sites for hydroxylation is 1. The van der Waals surface area contributed by atoms with Crippen LogP contribution in [0.2, 0.25) is 0 Å². The first-order valence-corrected chi connectivity index (χ1v) is 6.61.